The van der Waals surface area contributed by atoms with Crippen LogP contribution in [0.2, 0.25) is 5.02 Å². The highest BCUT2D eigenvalue weighted by atomic mass is 35.5. The number of aliphatic carboxylic acids is 1. The minimum atomic E-state index is -0.933. The second-order valence-corrected chi connectivity index (χ2v) is 7.51. The van der Waals surface area contributed by atoms with Crippen molar-refractivity contribution in [3.05, 3.63) is 34.9 Å². The minimum Gasteiger partial charge on any atom is -0.481 e. The average molecular weight is 367 g/mol. The van der Waals surface area contributed by atoms with E-state index in [1.807, 2.05) is 13.8 Å². The van der Waals surface area contributed by atoms with Gasteiger partial charge in [-0.05, 0) is 43.5 Å². The lowest BCUT2D eigenvalue weighted by Crippen LogP contribution is -2.51. The zero-order chi connectivity index (χ0) is 18.8. The monoisotopic (exact) mass is 366 g/mol. The lowest BCUT2D eigenvalue weighted by Gasteiger charge is -2.28. The quantitative estimate of drug-likeness (QED) is 0.837. The zero-order valence-corrected chi connectivity index (χ0v) is 15.3. The van der Waals surface area contributed by atoms with Gasteiger partial charge in [0.1, 0.15) is 6.04 Å². The number of carboxylic acids is 1. The Kier molecular flexibility index (Phi) is 5.72. The fourth-order valence-electron chi connectivity index (χ4n) is 2.86. The second-order valence-electron chi connectivity index (χ2n) is 7.08. The first-order valence-electron chi connectivity index (χ1n) is 8.22. The van der Waals surface area contributed by atoms with E-state index in [0.717, 1.165) is 0 Å². The third-order valence-electron chi connectivity index (χ3n) is 4.63. The molecular weight excluding hydrogens is 344 g/mol. The summed E-state index contributed by atoms with van der Waals surface area (Å²) in [5.41, 5.74) is -0.517. The van der Waals surface area contributed by atoms with E-state index in [0.29, 0.717) is 23.6 Å². The largest absolute Gasteiger partial charge is 0.481 e. The van der Waals surface area contributed by atoms with E-state index < -0.39 is 17.4 Å². The number of hydrogen-bond acceptors (Lipinski definition) is 3. The van der Waals surface area contributed by atoms with Gasteiger partial charge in [-0.2, -0.15) is 0 Å². The van der Waals surface area contributed by atoms with Crippen LogP contribution < -0.4 is 5.32 Å². The highest BCUT2D eigenvalue weighted by Gasteiger charge is 2.43. The van der Waals surface area contributed by atoms with Crippen LogP contribution in [-0.2, 0) is 9.59 Å². The maximum Gasteiger partial charge on any atom is 0.311 e. The van der Waals surface area contributed by atoms with E-state index in [9.17, 15) is 19.5 Å². The number of carbonyl (C=O) groups is 3. The number of carbonyl (C=O) groups excluding carboxylic acids is 2. The Hall–Kier alpha value is -2.08. The first-order valence-corrected chi connectivity index (χ1v) is 8.60. The van der Waals surface area contributed by atoms with Crippen LogP contribution >= 0.6 is 11.6 Å². The molecule has 0 aliphatic carbocycles. The summed E-state index contributed by atoms with van der Waals surface area (Å²) in [6.45, 7) is 5.86. The van der Waals surface area contributed by atoms with E-state index in [2.05, 4.69) is 5.32 Å². The number of benzene rings is 1. The van der Waals surface area contributed by atoms with Gasteiger partial charge < -0.3 is 15.3 Å². The molecule has 0 aromatic heterocycles. The Bertz CT molecular complexity index is 674. The van der Waals surface area contributed by atoms with Crippen molar-refractivity contribution in [2.24, 2.45) is 11.3 Å². The molecule has 0 radical (unpaired) electrons. The first-order chi connectivity index (χ1) is 11.6. The highest BCUT2D eigenvalue weighted by Crippen LogP contribution is 2.30. The van der Waals surface area contributed by atoms with Crippen molar-refractivity contribution in [3.63, 3.8) is 0 Å². The Morgan fingerprint density at radius 3 is 2.32 bits per heavy atom. The fourth-order valence-corrected chi connectivity index (χ4v) is 2.99. The summed E-state index contributed by atoms with van der Waals surface area (Å²) in [6, 6.07) is 5.70. The lowest BCUT2D eigenvalue weighted by molar-refractivity contribution is -0.147. The molecule has 0 bridgehead atoms. The number of nitrogens with one attached hydrogen (secondary N) is 1. The molecule has 2 amide bonds. The molecule has 6 nitrogen and oxygen atoms in total. The molecule has 1 heterocycles. The van der Waals surface area contributed by atoms with Crippen LogP contribution in [0.4, 0.5) is 0 Å². The topological polar surface area (TPSA) is 86.7 Å². The van der Waals surface area contributed by atoms with Gasteiger partial charge in [-0.15, -0.1) is 0 Å². The van der Waals surface area contributed by atoms with Gasteiger partial charge >= 0.3 is 5.97 Å². The number of amides is 2. The predicted octanol–water partition coefficient (Wildman–Crippen LogP) is 2.42. The normalized spacial score (nSPS) is 21.2. The lowest BCUT2D eigenvalue weighted by atomic mass is 9.90. The maximum atomic E-state index is 12.8. The average Bonchev–Trinajstić information content (AvgIpc) is 2.96. The predicted molar refractivity (Wildman–Crippen MR) is 94.5 cm³/mol. The third kappa shape index (κ3) is 4.31. The molecule has 1 saturated heterocycles. The molecule has 1 aromatic carbocycles. The number of likely N-dealkylation sites (tertiary alicyclic amines) is 1. The van der Waals surface area contributed by atoms with Gasteiger partial charge in [0.15, 0.2) is 0 Å². The Labute approximate surface area is 152 Å². The van der Waals surface area contributed by atoms with Gasteiger partial charge in [0.2, 0.25) is 5.91 Å². The standard InChI is InChI=1S/C18H23ClN2O4/c1-11(2)14(20-15(22)12-4-6-13(19)7-5-12)16(23)21-9-8-18(3,10-21)17(24)25/h4-7,11,14H,8-10H2,1-3H3,(H,20,22)(H,24,25). The van der Waals surface area contributed by atoms with Crippen LogP contribution in [0.5, 0.6) is 0 Å². The smallest absolute Gasteiger partial charge is 0.311 e. The van der Waals surface area contributed by atoms with Crippen LogP contribution in [0.25, 0.3) is 0 Å². The Balaban J connectivity index is 2.10. The van der Waals surface area contributed by atoms with E-state index in [1.165, 1.54) is 4.90 Å². The zero-order valence-electron chi connectivity index (χ0n) is 14.6. The molecule has 7 heteroatoms. The third-order valence-corrected chi connectivity index (χ3v) is 4.88. The highest BCUT2D eigenvalue weighted by molar-refractivity contribution is 6.30. The number of carboxylic acid groups (broad SMARTS) is 1. The molecule has 25 heavy (non-hydrogen) atoms. The number of hydrogen-bond donors (Lipinski definition) is 2. The van der Waals surface area contributed by atoms with Crippen molar-refractivity contribution < 1.29 is 19.5 Å². The van der Waals surface area contributed by atoms with Crippen molar-refractivity contribution in [3.8, 4) is 0 Å². The molecule has 2 unspecified atom stereocenters. The molecule has 0 saturated carbocycles. The molecule has 136 valence electrons. The number of halogens is 1. The van der Waals surface area contributed by atoms with Gasteiger partial charge in [-0.25, -0.2) is 0 Å². The van der Waals surface area contributed by atoms with Crippen molar-refractivity contribution in [1.29, 1.82) is 0 Å². The van der Waals surface area contributed by atoms with Crippen molar-refractivity contribution in [1.82, 2.24) is 10.2 Å². The van der Waals surface area contributed by atoms with Crippen LogP contribution in [0.15, 0.2) is 24.3 Å². The summed E-state index contributed by atoms with van der Waals surface area (Å²) in [5.74, 6) is -1.64. The summed E-state index contributed by atoms with van der Waals surface area (Å²) < 4.78 is 0. The second kappa shape index (κ2) is 7.44. The molecule has 1 aliphatic rings. The van der Waals surface area contributed by atoms with E-state index in [1.54, 1.807) is 31.2 Å². The van der Waals surface area contributed by atoms with Crippen molar-refractivity contribution in [2.75, 3.05) is 13.1 Å². The van der Waals surface area contributed by atoms with Gasteiger partial charge in [-0.3, -0.25) is 14.4 Å². The molecule has 1 aromatic rings. The number of nitrogens with zero attached hydrogens (tertiary/aromatic N) is 1. The maximum absolute atomic E-state index is 12.8. The molecule has 0 spiro atoms. The van der Waals surface area contributed by atoms with Crippen LogP contribution in [0.1, 0.15) is 37.6 Å². The Morgan fingerprint density at radius 2 is 1.84 bits per heavy atom. The van der Waals surface area contributed by atoms with Crippen LogP contribution in [-0.4, -0.2) is 46.9 Å². The van der Waals surface area contributed by atoms with Crippen molar-refractivity contribution in [2.45, 2.75) is 33.2 Å². The Morgan fingerprint density at radius 1 is 1.24 bits per heavy atom. The van der Waals surface area contributed by atoms with Crippen LogP contribution in [0.3, 0.4) is 0 Å². The van der Waals surface area contributed by atoms with E-state index in [4.69, 9.17) is 11.6 Å². The van der Waals surface area contributed by atoms with Crippen molar-refractivity contribution >= 4 is 29.4 Å². The molecule has 2 rings (SSSR count). The minimum absolute atomic E-state index is 0.125. The van der Waals surface area contributed by atoms with E-state index >= 15 is 0 Å². The van der Waals surface area contributed by atoms with Crippen LogP contribution in [0, 0.1) is 11.3 Å². The summed E-state index contributed by atoms with van der Waals surface area (Å²) in [4.78, 5) is 38.1. The molecular formula is C18H23ClN2O4. The number of rotatable bonds is 5. The van der Waals surface area contributed by atoms with Gasteiger partial charge in [0.05, 0.1) is 5.41 Å². The van der Waals surface area contributed by atoms with E-state index in [-0.39, 0.29) is 24.3 Å². The van der Waals surface area contributed by atoms with Gasteiger partial charge in [0, 0.05) is 23.7 Å². The van der Waals surface area contributed by atoms with Gasteiger partial charge in [-0.1, -0.05) is 25.4 Å². The molecule has 1 aliphatic heterocycles. The molecule has 2 atom stereocenters. The van der Waals surface area contributed by atoms with Gasteiger partial charge in [0.25, 0.3) is 5.91 Å². The summed E-state index contributed by atoms with van der Waals surface area (Å²) in [7, 11) is 0. The first kappa shape index (κ1) is 19.2. The summed E-state index contributed by atoms with van der Waals surface area (Å²) >= 11 is 5.82. The molecule has 2 N–H and O–H groups in total. The molecule has 1 fully saturated rings. The summed E-state index contributed by atoms with van der Waals surface area (Å²) in [6.07, 6.45) is 0.407. The summed E-state index contributed by atoms with van der Waals surface area (Å²) in [5, 5.41) is 12.6. The fraction of sp³-hybridized carbons (Fsp3) is 0.500. The SMILES string of the molecule is CC(C)C(NC(=O)c1ccc(Cl)cc1)C(=O)N1CCC(C)(C(=O)O)C1.